The zero-order valence-electron chi connectivity index (χ0n) is 20.2. The topological polar surface area (TPSA) is 103 Å². The van der Waals surface area contributed by atoms with Crippen LogP contribution in [-0.2, 0) is 6.42 Å². The van der Waals surface area contributed by atoms with E-state index in [2.05, 4.69) is 15.6 Å². The lowest BCUT2D eigenvalue weighted by Crippen LogP contribution is -2.39. The molecule has 0 unspecified atom stereocenters. The number of halogens is 1. The van der Waals surface area contributed by atoms with Gasteiger partial charge in [0.25, 0.3) is 11.8 Å². The number of nitrogens with one attached hydrogen (secondary N) is 3. The molecule has 4 aromatic rings. The Morgan fingerprint density at radius 2 is 1.92 bits per heavy atom. The van der Waals surface area contributed by atoms with E-state index in [9.17, 15) is 14.7 Å². The first-order valence-electron chi connectivity index (χ1n) is 11.9. The number of aliphatic hydroxyl groups is 1. The van der Waals surface area contributed by atoms with Crippen LogP contribution in [0.2, 0.25) is 5.02 Å². The van der Waals surface area contributed by atoms with Gasteiger partial charge in [0, 0.05) is 29.7 Å². The summed E-state index contributed by atoms with van der Waals surface area (Å²) in [7, 11) is 1.55. The molecule has 0 saturated carbocycles. The number of rotatable bonds is 7. The van der Waals surface area contributed by atoms with Crippen molar-refractivity contribution < 1.29 is 19.4 Å². The fourth-order valence-corrected chi connectivity index (χ4v) is 4.85. The van der Waals surface area contributed by atoms with Crippen LogP contribution in [0, 0.1) is 0 Å². The van der Waals surface area contributed by atoms with Crippen LogP contribution in [0.25, 0.3) is 28.1 Å². The second kappa shape index (κ2) is 10.5. The highest BCUT2D eigenvalue weighted by atomic mass is 35.5. The normalized spacial score (nSPS) is 13.1. The number of carbonyl (C=O) groups excluding carboxylic acids is 2. The number of hydrogen-bond acceptors (Lipinski definition) is 4. The van der Waals surface area contributed by atoms with E-state index in [-0.39, 0.29) is 18.4 Å². The summed E-state index contributed by atoms with van der Waals surface area (Å²) in [6.07, 6.45) is 6.16. The molecule has 37 heavy (non-hydrogen) atoms. The largest absolute Gasteiger partial charge is 0.488 e. The van der Waals surface area contributed by atoms with E-state index in [0.29, 0.717) is 34.9 Å². The fraction of sp³-hybridized carbons (Fsp3) is 0.172. The maximum atomic E-state index is 13.5. The van der Waals surface area contributed by atoms with Crippen molar-refractivity contribution in [3.05, 3.63) is 94.1 Å². The number of para-hydroxylation sites is 1. The molecule has 0 radical (unpaired) electrons. The van der Waals surface area contributed by atoms with Crippen LogP contribution < -0.4 is 15.4 Å². The van der Waals surface area contributed by atoms with Gasteiger partial charge in [-0.05, 0) is 59.5 Å². The van der Waals surface area contributed by atoms with Crippen molar-refractivity contribution in [3.63, 3.8) is 0 Å². The lowest BCUT2D eigenvalue weighted by molar-refractivity contribution is 0.0911. The van der Waals surface area contributed by atoms with E-state index in [0.717, 1.165) is 33.2 Å². The van der Waals surface area contributed by atoms with Gasteiger partial charge in [0.15, 0.2) is 0 Å². The molecule has 0 bridgehead atoms. The average Bonchev–Trinajstić information content (AvgIpc) is 3.34. The third-order valence-electron chi connectivity index (χ3n) is 6.45. The molecule has 8 heteroatoms. The van der Waals surface area contributed by atoms with Gasteiger partial charge in [0.1, 0.15) is 12.4 Å². The summed E-state index contributed by atoms with van der Waals surface area (Å²) in [5.41, 5.74) is 5.01. The Kier molecular flexibility index (Phi) is 6.99. The number of aromatic nitrogens is 1. The molecule has 0 aliphatic carbocycles. The monoisotopic (exact) mass is 515 g/mol. The summed E-state index contributed by atoms with van der Waals surface area (Å²) in [6.45, 7) is 0.141. The predicted molar refractivity (Wildman–Crippen MR) is 145 cm³/mol. The second-order valence-electron chi connectivity index (χ2n) is 8.85. The molecule has 2 heterocycles. The van der Waals surface area contributed by atoms with Gasteiger partial charge in [-0.3, -0.25) is 9.59 Å². The zero-order valence-corrected chi connectivity index (χ0v) is 20.9. The van der Waals surface area contributed by atoms with Crippen LogP contribution >= 0.6 is 11.6 Å². The number of aliphatic hydroxyl groups excluding tert-OH is 1. The Hall–Kier alpha value is -4.07. The minimum atomic E-state index is -0.494. The number of aromatic amines is 1. The molecule has 188 valence electrons. The molecule has 4 N–H and O–H groups in total. The summed E-state index contributed by atoms with van der Waals surface area (Å²) in [4.78, 5) is 28.8. The average molecular weight is 516 g/mol. The first-order valence-corrected chi connectivity index (χ1v) is 12.3. The van der Waals surface area contributed by atoms with Crippen LogP contribution in [0.3, 0.4) is 0 Å². The van der Waals surface area contributed by atoms with Crippen LogP contribution in [0.4, 0.5) is 0 Å². The first kappa shape index (κ1) is 24.6. The summed E-state index contributed by atoms with van der Waals surface area (Å²) < 4.78 is 5.84. The number of amides is 2. The molecule has 1 aliphatic heterocycles. The Balaban J connectivity index is 1.46. The van der Waals surface area contributed by atoms with E-state index in [4.69, 9.17) is 16.3 Å². The van der Waals surface area contributed by atoms with Gasteiger partial charge in [-0.15, -0.1) is 0 Å². The van der Waals surface area contributed by atoms with E-state index in [1.54, 1.807) is 31.3 Å². The van der Waals surface area contributed by atoms with Crippen LogP contribution in [0.1, 0.15) is 31.8 Å². The minimum absolute atomic E-state index is 0.218. The number of benzene rings is 3. The summed E-state index contributed by atoms with van der Waals surface area (Å²) in [6, 6.07) is 16.2. The summed E-state index contributed by atoms with van der Waals surface area (Å²) in [5.74, 6) is -0.135. The molecule has 0 saturated heterocycles. The van der Waals surface area contributed by atoms with Crippen molar-refractivity contribution in [2.75, 3.05) is 20.3 Å². The number of carbonyl (C=O) groups is 2. The van der Waals surface area contributed by atoms with Crippen LogP contribution in [0.5, 0.6) is 5.75 Å². The van der Waals surface area contributed by atoms with Gasteiger partial charge in [0.05, 0.1) is 28.8 Å². The minimum Gasteiger partial charge on any atom is -0.488 e. The first-order chi connectivity index (χ1) is 18.0. The highest BCUT2D eigenvalue weighted by Crippen LogP contribution is 2.35. The van der Waals surface area contributed by atoms with Gasteiger partial charge in [-0.25, -0.2) is 0 Å². The molecule has 0 fully saturated rings. The molecular weight excluding hydrogens is 490 g/mol. The SMILES string of the molecule is CNC(=O)c1ccc(-c2cc3c(c(C(=O)N[C@@H](CO)Cc4c[nH]c5ccccc45)c2)OCC=C3)cc1Cl. The Morgan fingerprint density at radius 3 is 2.70 bits per heavy atom. The number of fused-ring (bicyclic) bond motifs is 2. The van der Waals surface area contributed by atoms with Crippen LogP contribution in [-0.4, -0.2) is 48.2 Å². The van der Waals surface area contributed by atoms with Crippen molar-refractivity contribution in [2.45, 2.75) is 12.5 Å². The maximum absolute atomic E-state index is 13.5. The number of H-pyrrole nitrogens is 1. The maximum Gasteiger partial charge on any atom is 0.255 e. The lowest BCUT2D eigenvalue weighted by Gasteiger charge is -2.21. The Bertz CT molecular complexity index is 1530. The van der Waals surface area contributed by atoms with Crippen molar-refractivity contribution in [1.82, 2.24) is 15.6 Å². The van der Waals surface area contributed by atoms with Gasteiger partial charge < -0.3 is 25.5 Å². The van der Waals surface area contributed by atoms with E-state index < -0.39 is 6.04 Å². The lowest BCUT2D eigenvalue weighted by atomic mass is 9.96. The molecule has 3 aromatic carbocycles. The molecular formula is C29H26ClN3O4. The van der Waals surface area contributed by atoms with Gasteiger partial charge >= 0.3 is 0 Å². The Morgan fingerprint density at radius 1 is 1.08 bits per heavy atom. The van der Waals surface area contributed by atoms with Crippen molar-refractivity contribution in [3.8, 4) is 16.9 Å². The highest BCUT2D eigenvalue weighted by molar-refractivity contribution is 6.34. The van der Waals surface area contributed by atoms with Crippen molar-refractivity contribution in [2.24, 2.45) is 0 Å². The molecule has 5 rings (SSSR count). The number of ether oxygens (including phenoxy) is 1. The molecule has 1 aromatic heterocycles. The second-order valence-corrected chi connectivity index (χ2v) is 9.25. The molecule has 7 nitrogen and oxygen atoms in total. The third kappa shape index (κ3) is 4.96. The standard InChI is InChI=1S/C29H26ClN3O4/c1-31-28(35)23-9-8-17(14-25(23)30)19-11-18-5-4-10-37-27(18)24(13-19)29(36)33-21(16-34)12-20-15-32-26-7-3-2-6-22(20)26/h2-9,11,13-15,21,32,34H,10,12,16H2,1H3,(H,31,35)(H,33,36)/t21-/m1/s1. The molecule has 0 spiro atoms. The van der Waals surface area contributed by atoms with E-state index >= 15 is 0 Å². The van der Waals surface area contributed by atoms with Crippen LogP contribution in [0.15, 0.2) is 66.9 Å². The Labute approximate surface area is 219 Å². The highest BCUT2D eigenvalue weighted by Gasteiger charge is 2.23. The summed E-state index contributed by atoms with van der Waals surface area (Å²) in [5, 5.41) is 17.0. The van der Waals surface area contributed by atoms with E-state index in [1.807, 2.05) is 48.7 Å². The van der Waals surface area contributed by atoms with Crippen molar-refractivity contribution in [1.29, 1.82) is 0 Å². The molecule has 1 aliphatic rings. The van der Waals surface area contributed by atoms with Gasteiger partial charge in [-0.1, -0.05) is 41.9 Å². The van der Waals surface area contributed by atoms with Gasteiger partial charge in [-0.2, -0.15) is 0 Å². The van der Waals surface area contributed by atoms with Gasteiger partial charge in [0.2, 0.25) is 0 Å². The zero-order chi connectivity index (χ0) is 25.9. The molecule has 2 amide bonds. The van der Waals surface area contributed by atoms with Crippen molar-refractivity contribution >= 4 is 40.4 Å². The molecule has 1 atom stereocenters. The predicted octanol–water partition coefficient (Wildman–Crippen LogP) is 4.59. The fourth-order valence-electron chi connectivity index (χ4n) is 4.58. The smallest absolute Gasteiger partial charge is 0.255 e. The number of hydrogen-bond donors (Lipinski definition) is 4. The van der Waals surface area contributed by atoms with E-state index in [1.165, 1.54) is 0 Å². The summed E-state index contributed by atoms with van der Waals surface area (Å²) >= 11 is 6.39. The quantitative estimate of drug-likeness (QED) is 0.289. The third-order valence-corrected chi connectivity index (χ3v) is 6.77.